The number of nitrogens with zero attached hydrogens (tertiary/aromatic N) is 1. The van der Waals surface area contributed by atoms with Gasteiger partial charge in [0.05, 0.1) is 31.7 Å². The number of esters is 1. The summed E-state index contributed by atoms with van der Waals surface area (Å²) >= 11 is 6.08. The summed E-state index contributed by atoms with van der Waals surface area (Å²) in [6.45, 7) is 4.77. The van der Waals surface area contributed by atoms with E-state index >= 15 is 0 Å². The van der Waals surface area contributed by atoms with Crippen LogP contribution in [0.3, 0.4) is 0 Å². The van der Waals surface area contributed by atoms with Gasteiger partial charge < -0.3 is 25.0 Å². The van der Waals surface area contributed by atoms with E-state index in [9.17, 15) is 14.4 Å². The molecule has 1 heterocycles. The second-order valence-electron chi connectivity index (χ2n) is 6.88. The van der Waals surface area contributed by atoms with Crippen LogP contribution in [0.1, 0.15) is 20.3 Å². The molecule has 1 aromatic rings. The lowest BCUT2D eigenvalue weighted by Gasteiger charge is -2.34. The van der Waals surface area contributed by atoms with Crippen molar-refractivity contribution >= 4 is 35.1 Å². The molecule has 1 fully saturated rings. The van der Waals surface area contributed by atoms with E-state index in [4.69, 9.17) is 21.1 Å². The number of halogens is 1. The standard InChI is InChI=1S/C19H26ClN3O5/c1-12(2)11-28-18(25)9-15-19(26)21-6-7-23(15)17(24)10-22-13-4-5-16(27-3)14(20)8-13/h4-5,8,12,15,22H,6-7,9-11H2,1-3H3,(H,21,26). The largest absolute Gasteiger partial charge is 0.495 e. The third-order valence-corrected chi connectivity index (χ3v) is 4.48. The number of piperazine rings is 1. The van der Waals surface area contributed by atoms with E-state index < -0.39 is 12.0 Å². The molecule has 1 aliphatic heterocycles. The minimum absolute atomic E-state index is 0.0342. The van der Waals surface area contributed by atoms with Crippen LogP contribution in [0, 0.1) is 5.92 Å². The lowest BCUT2D eigenvalue weighted by atomic mass is 10.1. The molecule has 1 saturated heterocycles. The molecule has 0 saturated carbocycles. The Morgan fingerprint density at radius 1 is 1.39 bits per heavy atom. The van der Waals surface area contributed by atoms with Crippen molar-refractivity contribution in [3.8, 4) is 5.75 Å². The van der Waals surface area contributed by atoms with E-state index in [0.717, 1.165) is 0 Å². The summed E-state index contributed by atoms with van der Waals surface area (Å²) in [4.78, 5) is 38.3. The van der Waals surface area contributed by atoms with Crippen molar-refractivity contribution in [1.29, 1.82) is 0 Å². The SMILES string of the molecule is COc1ccc(NCC(=O)N2CCNC(=O)C2CC(=O)OCC(C)C)cc1Cl. The third-order valence-electron chi connectivity index (χ3n) is 4.18. The number of hydrogen-bond acceptors (Lipinski definition) is 6. The van der Waals surface area contributed by atoms with Crippen molar-refractivity contribution in [3.63, 3.8) is 0 Å². The summed E-state index contributed by atoms with van der Waals surface area (Å²) in [6.07, 6.45) is -0.168. The van der Waals surface area contributed by atoms with Gasteiger partial charge in [0, 0.05) is 18.8 Å². The van der Waals surface area contributed by atoms with Crippen molar-refractivity contribution in [1.82, 2.24) is 10.2 Å². The highest BCUT2D eigenvalue weighted by atomic mass is 35.5. The first kappa shape index (κ1) is 21.8. The molecule has 9 heteroatoms. The van der Waals surface area contributed by atoms with E-state index in [0.29, 0.717) is 29.5 Å². The molecule has 0 radical (unpaired) electrons. The van der Waals surface area contributed by atoms with Gasteiger partial charge >= 0.3 is 5.97 Å². The molecule has 0 aromatic heterocycles. The third kappa shape index (κ3) is 6.02. The first-order valence-electron chi connectivity index (χ1n) is 9.12. The van der Waals surface area contributed by atoms with Gasteiger partial charge in [-0.25, -0.2) is 0 Å². The van der Waals surface area contributed by atoms with E-state index in [1.54, 1.807) is 18.2 Å². The quantitative estimate of drug-likeness (QED) is 0.632. The molecule has 28 heavy (non-hydrogen) atoms. The summed E-state index contributed by atoms with van der Waals surface area (Å²) in [5.41, 5.74) is 0.647. The van der Waals surface area contributed by atoms with Crippen LogP contribution in [0.5, 0.6) is 5.75 Å². The van der Waals surface area contributed by atoms with Crippen LogP contribution < -0.4 is 15.4 Å². The maximum absolute atomic E-state index is 12.7. The first-order valence-corrected chi connectivity index (χ1v) is 9.49. The number of carbonyl (C=O) groups excluding carboxylic acids is 3. The smallest absolute Gasteiger partial charge is 0.308 e. The van der Waals surface area contributed by atoms with E-state index in [1.165, 1.54) is 12.0 Å². The molecule has 1 aliphatic rings. The van der Waals surface area contributed by atoms with Crippen molar-refractivity contribution < 1.29 is 23.9 Å². The number of ether oxygens (including phenoxy) is 2. The van der Waals surface area contributed by atoms with Crippen molar-refractivity contribution in [2.45, 2.75) is 26.3 Å². The number of amides is 2. The van der Waals surface area contributed by atoms with Gasteiger partial charge in [-0.1, -0.05) is 25.4 Å². The molecule has 2 amide bonds. The van der Waals surface area contributed by atoms with Gasteiger partial charge in [0.1, 0.15) is 11.8 Å². The van der Waals surface area contributed by atoms with Crippen LogP contribution >= 0.6 is 11.6 Å². The monoisotopic (exact) mass is 411 g/mol. The summed E-state index contributed by atoms with van der Waals surface area (Å²) in [7, 11) is 1.52. The molecule has 8 nitrogen and oxygen atoms in total. The van der Waals surface area contributed by atoms with Crippen LogP contribution in [0.4, 0.5) is 5.69 Å². The Kier molecular flexibility index (Phi) is 7.92. The lowest BCUT2D eigenvalue weighted by Crippen LogP contribution is -2.58. The molecule has 1 unspecified atom stereocenters. The van der Waals surface area contributed by atoms with Gasteiger partial charge in [-0.2, -0.15) is 0 Å². The van der Waals surface area contributed by atoms with Gasteiger partial charge in [-0.3, -0.25) is 14.4 Å². The zero-order valence-corrected chi connectivity index (χ0v) is 17.0. The van der Waals surface area contributed by atoms with Gasteiger partial charge in [0.15, 0.2) is 0 Å². The number of nitrogens with one attached hydrogen (secondary N) is 2. The van der Waals surface area contributed by atoms with Gasteiger partial charge in [-0.15, -0.1) is 0 Å². The molecule has 0 spiro atoms. The highest BCUT2D eigenvalue weighted by Gasteiger charge is 2.35. The maximum atomic E-state index is 12.7. The summed E-state index contributed by atoms with van der Waals surface area (Å²) in [6, 6.07) is 4.21. The average Bonchev–Trinajstić information content (AvgIpc) is 2.66. The van der Waals surface area contributed by atoms with Crippen LogP contribution in [0.25, 0.3) is 0 Å². The Hall–Kier alpha value is -2.48. The first-order chi connectivity index (χ1) is 13.3. The Morgan fingerprint density at radius 3 is 2.79 bits per heavy atom. The number of anilines is 1. The number of methoxy groups -OCH3 is 1. The fourth-order valence-corrected chi connectivity index (χ4v) is 3.01. The van der Waals surface area contributed by atoms with Gasteiger partial charge in [-0.05, 0) is 24.1 Å². The lowest BCUT2D eigenvalue weighted by molar-refractivity contribution is -0.152. The van der Waals surface area contributed by atoms with E-state index in [1.807, 2.05) is 13.8 Å². The Labute approximate surface area is 169 Å². The second kappa shape index (κ2) is 10.2. The Balaban J connectivity index is 1.97. The molecular formula is C19H26ClN3O5. The van der Waals surface area contributed by atoms with Gasteiger partial charge in [0.2, 0.25) is 11.8 Å². The topological polar surface area (TPSA) is 97.0 Å². The summed E-state index contributed by atoms with van der Waals surface area (Å²) in [5, 5.41) is 6.09. The van der Waals surface area contributed by atoms with Crippen molar-refractivity contribution in [2.24, 2.45) is 5.92 Å². The van der Waals surface area contributed by atoms with Crippen LogP contribution in [-0.2, 0) is 19.1 Å². The zero-order valence-electron chi connectivity index (χ0n) is 16.3. The summed E-state index contributed by atoms with van der Waals surface area (Å²) < 4.78 is 10.2. The zero-order chi connectivity index (χ0) is 20.7. The summed E-state index contributed by atoms with van der Waals surface area (Å²) in [5.74, 6) is -0.408. The van der Waals surface area contributed by atoms with Gasteiger partial charge in [0.25, 0.3) is 0 Å². The molecule has 2 rings (SSSR count). The molecule has 0 aliphatic carbocycles. The predicted molar refractivity (Wildman–Crippen MR) is 105 cm³/mol. The minimum Gasteiger partial charge on any atom is -0.495 e. The molecule has 0 bridgehead atoms. The van der Waals surface area contributed by atoms with Crippen molar-refractivity contribution in [2.75, 3.05) is 38.7 Å². The highest BCUT2D eigenvalue weighted by Crippen LogP contribution is 2.27. The van der Waals surface area contributed by atoms with Crippen LogP contribution in [0.2, 0.25) is 5.02 Å². The van der Waals surface area contributed by atoms with Crippen LogP contribution in [-0.4, -0.2) is 62.1 Å². The normalized spacial score (nSPS) is 16.5. The Morgan fingerprint density at radius 2 is 2.14 bits per heavy atom. The van der Waals surface area contributed by atoms with E-state index in [-0.39, 0.29) is 37.3 Å². The number of carbonyl (C=O) groups is 3. The predicted octanol–water partition coefficient (Wildman–Crippen LogP) is 1.68. The van der Waals surface area contributed by atoms with E-state index in [2.05, 4.69) is 10.6 Å². The fourth-order valence-electron chi connectivity index (χ4n) is 2.75. The molecule has 1 aromatic carbocycles. The molecule has 2 N–H and O–H groups in total. The minimum atomic E-state index is -0.873. The number of benzene rings is 1. The number of rotatable bonds is 8. The Bertz CT molecular complexity index is 726. The maximum Gasteiger partial charge on any atom is 0.308 e. The number of hydrogen-bond donors (Lipinski definition) is 2. The molecule has 154 valence electrons. The molecular weight excluding hydrogens is 386 g/mol. The second-order valence-corrected chi connectivity index (χ2v) is 7.29. The van der Waals surface area contributed by atoms with Crippen LogP contribution in [0.15, 0.2) is 18.2 Å². The highest BCUT2D eigenvalue weighted by molar-refractivity contribution is 6.32. The molecule has 1 atom stereocenters. The van der Waals surface area contributed by atoms with Crippen molar-refractivity contribution in [3.05, 3.63) is 23.2 Å². The fraction of sp³-hybridized carbons (Fsp3) is 0.526. The average molecular weight is 412 g/mol.